The van der Waals surface area contributed by atoms with Gasteiger partial charge in [-0.05, 0) is 45.4 Å². The zero-order valence-electron chi connectivity index (χ0n) is 14.8. The van der Waals surface area contributed by atoms with Crippen LogP contribution in [0, 0.1) is 5.92 Å². The quantitative estimate of drug-likeness (QED) is 0.909. The number of aryl methyl sites for hydroxylation is 2. The van der Waals surface area contributed by atoms with Gasteiger partial charge in [0, 0.05) is 17.3 Å². The summed E-state index contributed by atoms with van der Waals surface area (Å²) in [5, 5.41) is 4.08. The summed E-state index contributed by atoms with van der Waals surface area (Å²) in [7, 11) is 0. The molecule has 0 spiro atoms. The highest BCUT2D eigenvalue weighted by molar-refractivity contribution is 7.11. The van der Waals surface area contributed by atoms with Gasteiger partial charge in [0.05, 0.1) is 11.7 Å². The van der Waals surface area contributed by atoms with Gasteiger partial charge in [0.2, 0.25) is 11.8 Å². The molecule has 0 saturated carbocycles. The lowest BCUT2D eigenvalue weighted by molar-refractivity contribution is -0.141. The van der Waals surface area contributed by atoms with Gasteiger partial charge in [-0.1, -0.05) is 13.8 Å². The summed E-state index contributed by atoms with van der Waals surface area (Å²) in [6.45, 7) is 6.46. The van der Waals surface area contributed by atoms with E-state index in [4.69, 9.17) is 4.98 Å². The second-order valence-corrected chi connectivity index (χ2v) is 8.32. The van der Waals surface area contributed by atoms with E-state index in [1.807, 2.05) is 20.8 Å². The van der Waals surface area contributed by atoms with Crippen LogP contribution in [-0.2, 0) is 22.4 Å². The molecule has 2 aliphatic rings. The third kappa shape index (κ3) is 3.48. The number of hydrogen-bond acceptors (Lipinski definition) is 4. The van der Waals surface area contributed by atoms with Crippen LogP contribution in [-0.4, -0.2) is 34.3 Å². The minimum absolute atomic E-state index is 0.0397. The van der Waals surface area contributed by atoms with Gasteiger partial charge in [0.1, 0.15) is 11.0 Å². The van der Waals surface area contributed by atoms with Crippen LogP contribution < -0.4 is 5.32 Å². The molecule has 6 heteroatoms. The second-order valence-electron chi connectivity index (χ2n) is 7.20. The van der Waals surface area contributed by atoms with Crippen LogP contribution in [0.1, 0.15) is 68.1 Å². The van der Waals surface area contributed by atoms with Gasteiger partial charge in [0.15, 0.2) is 0 Å². The minimum Gasteiger partial charge on any atom is -0.345 e. The SMILES string of the molecule is CC(C)C(=O)N1CCC[C@H]1C(=O)N[C@H](C)c1nc2c(s1)CCCC2. The van der Waals surface area contributed by atoms with E-state index >= 15 is 0 Å². The number of thiazole rings is 1. The van der Waals surface area contributed by atoms with Gasteiger partial charge in [-0.25, -0.2) is 4.98 Å². The molecule has 132 valence electrons. The van der Waals surface area contributed by atoms with E-state index in [1.54, 1.807) is 16.2 Å². The van der Waals surface area contributed by atoms with Gasteiger partial charge in [-0.3, -0.25) is 9.59 Å². The van der Waals surface area contributed by atoms with Gasteiger partial charge in [0.25, 0.3) is 0 Å². The van der Waals surface area contributed by atoms with Crippen molar-refractivity contribution in [2.24, 2.45) is 5.92 Å². The maximum absolute atomic E-state index is 12.7. The number of rotatable bonds is 4. The fourth-order valence-electron chi connectivity index (χ4n) is 3.56. The lowest BCUT2D eigenvalue weighted by atomic mass is 10.0. The molecule has 2 amide bonds. The molecule has 0 unspecified atom stereocenters. The van der Waals surface area contributed by atoms with E-state index in [-0.39, 0.29) is 29.8 Å². The number of hydrogen-bond donors (Lipinski definition) is 1. The van der Waals surface area contributed by atoms with Crippen LogP contribution >= 0.6 is 11.3 Å². The average Bonchev–Trinajstić information content (AvgIpc) is 3.20. The van der Waals surface area contributed by atoms with Crippen LogP contribution in [0.15, 0.2) is 0 Å². The zero-order valence-corrected chi connectivity index (χ0v) is 15.6. The normalized spacial score (nSPS) is 21.7. The van der Waals surface area contributed by atoms with Gasteiger partial charge >= 0.3 is 0 Å². The van der Waals surface area contributed by atoms with Crippen LogP contribution in [0.25, 0.3) is 0 Å². The first-order valence-electron chi connectivity index (χ1n) is 9.06. The second kappa shape index (κ2) is 7.21. The largest absolute Gasteiger partial charge is 0.345 e. The van der Waals surface area contributed by atoms with Crippen LogP contribution in [0.5, 0.6) is 0 Å². The van der Waals surface area contributed by atoms with Crippen molar-refractivity contribution in [3.05, 3.63) is 15.6 Å². The van der Waals surface area contributed by atoms with E-state index in [9.17, 15) is 9.59 Å². The molecular weight excluding hydrogens is 322 g/mol. The highest BCUT2D eigenvalue weighted by Crippen LogP contribution is 2.30. The van der Waals surface area contributed by atoms with Gasteiger partial charge < -0.3 is 10.2 Å². The highest BCUT2D eigenvalue weighted by Gasteiger charge is 2.35. The molecule has 1 aliphatic carbocycles. The van der Waals surface area contributed by atoms with Crippen LogP contribution in [0.3, 0.4) is 0 Å². The van der Waals surface area contributed by atoms with E-state index < -0.39 is 0 Å². The monoisotopic (exact) mass is 349 g/mol. The van der Waals surface area contributed by atoms with Crippen molar-refractivity contribution in [1.29, 1.82) is 0 Å². The summed E-state index contributed by atoms with van der Waals surface area (Å²) in [5.74, 6) is -0.0336. The standard InChI is InChI=1S/C18H27N3O2S/c1-11(2)18(23)21-10-6-8-14(21)16(22)19-12(3)17-20-13-7-4-5-9-15(13)24-17/h11-12,14H,4-10H2,1-3H3,(H,19,22)/t12-,14+/m1/s1. The molecule has 0 radical (unpaired) electrons. The number of nitrogens with zero attached hydrogens (tertiary/aromatic N) is 2. The number of amides is 2. The molecule has 3 rings (SSSR count). The molecule has 0 bridgehead atoms. The van der Waals surface area contributed by atoms with Crippen LogP contribution in [0.2, 0.25) is 0 Å². The number of carbonyl (C=O) groups excluding carboxylic acids is 2. The van der Waals surface area contributed by atoms with Crippen molar-refractivity contribution in [3.63, 3.8) is 0 Å². The molecule has 1 aliphatic heterocycles. The molecule has 1 aromatic heterocycles. The summed E-state index contributed by atoms with van der Waals surface area (Å²) in [5.41, 5.74) is 1.22. The van der Waals surface area contributed by atoms with Crippen molar-refractivity contribution >= 4 is 23.2 Å². The number of nitrogens with one attached hydrogen (secondary N) is 1. The predicted octanol–water partition coefficient (Wildman–Crippen LogP) is 2.85. The number of carbonyl (C=O) groups is 2. The Hall–Kier alpha value is -1.43. The Kier molecular flexibility index (Phi) is 5.23. The smallest absolute Gasteiger partial charge is 0.243 e. The van der Waals surface area contributed by atoms with Gasteiger partial charge in [-0.15, -0.1) is 11.3 Å². The number of likely N-dealkylation sites (tertiary alicyclic amines) is 1. The summed E-state index contributed by atoms with van der Waals surface area (Å²) < 4.78 is 0. The first-order valence-corrected chi connectivity index (χ1v) is 9.88. The Morgan fingerprint density at radius 3 is 2.67 bits per heavy atom. The first-order chi connectivity index (χ1) is 11.5. The first kappa shape index (κ1) is 17.4. The topological polar surface area (TPSA) is 62.3 Å². The Bertz CT molecular complexity index is 602. The maximum Gasteiger partial charge on any atom is 0.243 e. The Balaban J connectivity index is 1.65. The average molecular weight is 350 g/mol. The van der Waals surface area contributed by atoms with Crippen molar-refractivity contribution in [1.82, 2.24) is 15.2 Å². The van der Waals surface area contributed by atoms with Crippen molar-refractivity contribution in [2.45, 2.75) is 71.4 Å². The Morgan fingerprint density at radius 2 is 1.96 bits per heavy atom. The lowest BCUT2D eigenvalue weighted by Crippen LogP contribution is -2.47. The summed E-state index contributed by atoms with van der Waals surface area (Å²) >= 11 is 1.73. The summed E-state index contributed by atoms with van der Waals surface area (Å²) in [6, 6.07) is -0.415. The molecule has 1 fully saturated rings. The minimum atomic E-state index is -0.322. The number of fused-ring (bicyclic) bond motifs is 1. The zero-order chi connectivity index (χ0) is 17.3. The summed E-state index contributed by atoms with van der Waals surface area (Å²) in [4.78, 5) is 32.8. The van der Waals surface area contributed by atoms with Crippen molar-refractivity contribution in [2.75, 3.05) is 6.54 Å². The molecule has 1 N–H and O–H groups in total. The van der Waals surface area contributed by atoms with E-state index in [0.717, 1.165) is 30.7 Å². The highest BCUT2D eigenvalue weighted by atomic mass is 32.1. The molecular formula is C18H27N3O2S. The molecule has 5 nitrogen and oxygen atoms in total. The Morgan fingerprint density at radius 1 is 1.21 bits per heavy atom. The lowest BCUT2D eigenvalue weighted by Gasteiger charge is -2.26. The summed E-state index contributed by atoms with van der Waals surface area (Å²) in [6.07, 6.45) is 6.29. The number of aromatic nitrogens is 1. The fourth-order valence-corrected chi connectivity index (χ4v) is 4.72. The van der Waals surface area contributed by atoms with Crippen molar-refractivity contribution < 1.29 is 9.59 Å². The molecule has 0 aromatic carbocycles. The molecule has 2 heterocycles. The molecule has 24 heavy (non-hydrogen) atoms. The molecule has 1 saturated heterocycles. The predicted molar refractivity (Wildman–Crippen MR) is 94.9 cm³/mol. The van der Waals surface area contributed by atoms with Gasteiger partial charge in [-0.2, -0.15) is 0 Å². The molecule has 2 atom stereocenters. The molecule has 1 aromatic rings. The Labute approximate surface area is 147 Å². The van der Waals surface area contributed by atoms with E-state index in [1.165, 1.54) is 23.4 Å². The maximum atomic E-state index is 12.7. The van der Waals surface area contributed by atoms with Crippen LogP contribution in [0.4, 0.5) is 0 Å². The third-order valence-corrected chi connectivity index (χ3v) is 6.26. The van der Waals surface area contributed by atoms with E-state index in [2.05, 4.69) is 5.32 Å². The van der Waals surface area contributed by atoms with E-state index in [0.29, 0.717) is 6.54 Å². The fraction of sp³-hybridized carbons (Fsp3) is 0.722. The van der Waals surface area contributed by atoms with Crippen molar-refractivity contribution in [3.8, 4) is 0 Å². The third-order valence-electron chi connectivity index (χ3n) is 4.92.